The van der Waals surface area contributed by atoms with Gasteiger partial charge < -0.3 is 10.4 Å². The van der Waals surface area contributed by atoms with Crippen LogP contribution in [0.4, 0.5) is 0 Å². The molecule has 1 amide bonds. The van der Waals surface area contributed by atoms with Crippen molar-refractivity contribution >= 4 is 22.1 Å². The van der Waals surface area contributed by atoms with Crippen molar-refractivity contribution in [2.24, 2.45) is 5.14 Å². The predicted octanol–water partition coefficient (Wildman–Crippen LogP) is 0.797. The second-order valence-corrected chi connectivity index (χ2v) is 6.97. The molecule has 1 saturated carbocycles. The largest absolute Gasteiger partial charge is 0.477 e. The number of carboxylic acids is 1. The van der Waals surface area contributed by atoms with Crippen LogP contribution in [0.1, 0.15) is 33.7 Å². The highest BCUT2D eigenvalue weighted by Gasteiger charge is 2.25. The number of nitrogens with zero attached hydrogens (tertiary/aromatic N) is 1. The lowest BCUT2D eigenvalue weighted by Crippen LogP contribution is -2.25. The third-order valence-corrected chi connectivity index (χ3v) is 4.55. The maximum atomic E-state index is 11.9. The number of aromatic nitrogens is 1. The second kappa shape index (κ2) is 5.77. The molecule has 0 atom stereocenters. The van der Waals surface area contributed by atoms with E-state index in [1.807, 2.05) is 0 Å². The van der Waals surface area contributed by atoms with Crippen molar-refractivity contribution in [3.05, 3.63) is 47.8 Å². The Morgan fingerprint density at radius 1 is 1.17 bits per heavy atom. The highest BCUT2D eigenvalue weighted by Crippen LogP contribution is 2.26. The molecule has 0 bridgehead atoms. The number of amides is 1. The number of carbonyl (C=O) groups excluding carboxylic acids is 1. The van der Waals surface area contributed by atoms with Crippen LogP contribution in [0.25, 0.3) is 11.1 Å². The molecule has 1 aromatic heterocycles. The van der Waals surface area contributed by atoms with Crippen LogP contribution in [0.5, 0.6) is 0 Å². The smallest absolute Gasteiger partial charge is 0.354 e. The first-order chi connectivity index (χ1) is 11.3. The lowest BCUT2D eigenvalue weighted by molar-refractivity contribution is 0.0690. The normalized spacial score (nSPS) is 14.4. The molecule has 0 radical (unpaired) electrons. The summed E-state index contributed by atoms with van der Waals surface area (Å²) in [7, 11) is -4.22. The standard InChI is InChI=1S/C15H15N3O5S/c16-24(22,23)18-8-7-12(13(18)15(20)21)9-1-3-10(4-2-9)14(19)17-11-5-6-11/h1-4,7-8,11H,5-6H2,(H,17,19)(H,20,21)(H2,16,22,23). The third kappa shape index (κ3) is 3.17. The molecular formula is C15H15N3O5S. The van der Waals surface area contributed by atoms with E-state index in [0.717, 1.165) is 19.0 Å². The van der Waals surface area contributed by atoms with Crippen molar-refractivity contribution in [2.45, 2.75) is 18.9 Å². The molecule has 1 fully saturated rings. The van der Waals surface area contributed by atoms with Gasteiger partial charge in [-0.15, -0.1) is 0 Å². The summed E-state index contributed by atoms with van der Waals surface area (Å²) in [5.41, 5.74) is 0.671. The lowest BCUT2D eigenvalue weighted by Gasteiger charge is -2.07. The average Bonchev–Trinajstić information content (AvgIpc) is 3.19. The molecule has 1 heterocycles. The quantitative estimate of drug-likeness (QED) is 0.734. The summed E-state index contributed by atoms with van der Waals surface area (Å²) in [5.74, 6) is -1.61. The monoisotopic (exact) mass is 349 g/mol. The molecule has 9 heteroatoms. The number of hydrogen-bond donors (Lipinski definition) is 3. The number of aromatic carboxylic acids is 1. The number of rotatable bonds is 5. The van der Waals surface area contributed by atoms with Gasteiger partial charge in [0.1, 0.15) is 0 Å². The molecule has 8 nitrogen and oxygen atoms in total. The zero-order valence-electron chi connectivity index (χ0n) is 12.5. The van der Waals surface area contributed by atoms with Gasteiger partial charge in [0.15, 0.2) is 5.69 Å². The van der Waals surface area contributed by atoms with Crippen molar-refractivity contribution in [1.29, 1.82) is 0 Å². The van der Waals surface area contributed by atoms with Crippen LogP contribution in [-0.2, 0) is 10.2 Å². The first kappa shape index (κ1) is 16.2. The van der Waals surface area contributed by atoms with E-state index in [0.29, 0.717) is 15.1 Å². The summed E-state index contributed by atoms with van der Waals surface area (Å²) in [5, 5.41) is 17.2. The van der Waals surface area contributed by atoms with E-state index in [1.165, 1.54) is 6.07 Å². The van der Waals surface area contributed by atoms with Crippen molar-refractivity contribution in [3.8, 4) is 11.1 Å². The minimum atomic E-state index is -4.22. The van der Waals surface area contributed by atoms with E-state index >= 15 is 0 Å². The fourth-order valence-corrected chi connectivity index (χ4v) is 3.03. The van der Waals surface area contributed by atoms with Crippen molar-refractivity contribution < 1.29 is 23.1 Å². The lowest BCUT2D eigenvalue weighted by atomic mass is 10.0. The van der Waals surface area contributed by atoms with Crippen molar-refractivity contribution in [2.75, 3.05) is 0 Å². The first-order valence-electron chi connectivity index (χ1n) is 7.16. The van der Waals surface area contributed by atoms with Gasteiger partial charge in [0.2, 0.25) is 0 Å². The first-order valence-corrected chi connectivity index (χ1v) is 8.67. The Morgan fingerprint density at radius 3 is 2.29 bits per heavy atom. The maximum Gasteiger partial charge on any atom is 0.354 e. The van der Waals surface area contributed by atoms with Gasteiger partial charge in [-0.05, 0) is 36.6 Å². The molecule has 0 spiro atoms. The van der Waals surface area contributed by atoms with Crippen LogP contribution in [0.3, 0.4) is 0 Å². The predicted molar refractivity (Wildman–Crippen MR) is 85.8 cm³/mol. The Kier molecular flexibility index (Phi) is 3.90. The summed E-state index contributed by atoms with van der Waals surface area (Å²) in [6, 6.07) is 7.85. The van der Waals surface area contributed by atoms with E-state index in [1.54, 1.807) is 24.3 Å². The highest BCUT2D eigenvalue weighted by molar-refractivity contribution is 7.87. The molecule has 3 rings (SSSR count). The Bertz CT molecular complexity index is 911. The van der Waals surface area contributed by atoms with Crippen LogP contribution in [0, 0.1) is 0 Å². The Labute approximate surface area is 138 Å². The molecule has 126 valence electrons. The zero-order chi connectivity index (χ0) is 17.5. The van der Waals surface area contributed by atoms with E-state index in [2.05, 4.69) is 5.32 Å². The van der Waals surface area contributed by atoms with Crippen LogP contribution < -0.4 is 10.5 Å². The summed E-state index contributed by atoms with van der Waals surface area (Å²) in [6.45, 7) is 0. The van der Waals surface area contributed by atoms with Crippen LogP contribution in [0.2, 0.25) is 0 Å². The van der Waals surface area contributed by atoms with Gasteiger partial charge in [-0.3, -0.25) is 4.79 Å². The number of nitrogens with one attached hydrogen (secondary N) is 1. The molecule has 1 aliphatic carbocycles. The SMILES string of the molecule is NS(=O)(=O)n1ccc(-c2ccc(C(=O)NC3CC3)cc2)c1C(=O)O. The van der Waals surface area contributed by atoms with Gasteiger partial charge in [-0.25, -0.2) is 13.9 Å². The molecule has 2 aromatic rings. The minimum absolute atomic E-state index is 0.190. The van der Waals surface area contributed by atoms with Crippen molar-refractivity contribution in [3.63, 3.8) is 0 Å². The fourth-order valence-electron chi connectivity index (χ4n) is 2.37. The molecular weight excluding hydrogens is 334 g/mol. The topological polar surface area (TPSA) is 131 Å². The van der Waals surface area contributed by atoms with E-state index in [9.17, 15) is 23.1 Å². The molecule has 1 aromatic carbocycles. The van der Waals surface area contributed by atoms with Gasteiger partial charge in [-0.1, -0.05) is 12.1 Å². The van der Waals surface area contributed by atoms with Gasteiger partial charge in [0, 0.05) is 23.4 Å². The number of carbonyl (C=O) groups is 2. The number of nitrogens with two attached hydrogens (primary N) is 1. The zero-order valence-corrected chi connectivity index (χ0v) is 13.3. The highest BCUT2D eigenvalue weighted by atomic mass is 32.2. The number of benzene rings is 1. The minimum Gasteiger partial charge on any atom is -0.477 e. The summed E-state index contributed by atoms with van der Waals surface area (Å²) >= 11 is 0. The number of carboxylic acid groups (broad SMARTS) is 1. The van der Waals surface area contributed by atoms with Crippen LogP contribution in [-0.4, -0.2) is 35.4 Å². The van der Waals surface area contributed by atoms with Crippen molar-refractivity contribution in [1.82, 2.24) is 9.29 Å². The molecule has 0 aliphatic heterocycles. The summed E-state index contributed by atoms with van der Waals surface area (Å²) in [4.78, 5) is 23.4. The molecule has 0 saturated heterocycles. The summed E-state index contributed by atoms with van der Waals surface area (Å²) < 4.78 is 23.5. The Morgan fingerprint density at radius 2 is 1.79 bits per heavy atom. The van der Waals surface area contributed by atoms with Crippen LogP contribution in [0.15, 0.2) is 36.5 Å². The molecule has 24 heavy (non-hydrogen) atoms. The molecule has 1 aliphatic rings. The second-order valence-electron chi connectivity index (χ2n) is 5.55. The Hall–Kier alpha value is -2.65. The Balaban J connectivity index is 1.96. The fraction of sp³-hybridized carbons (Fsp3) is 0.200. The van der Waals surface area contributed by atoms with Gasteiger partial charge >= 0.3 is 16.2 Å². The van der Waals surface area contributed by atoms with E-state index in [-0.39, 0.29) is 17.5 Å². The van der Waals surface area contributed by atoms with Gasteiger partial charge in [0.05, 0.1) is 0 Å². The summed E-state index contributed by atoms with van der Waals surface area (Å²) in [6.07, 6.45) is 3.04. The average molecular weight is 349 g/mol. The van der Waals surface area contributed by atoms with E-state index < -0.39 is 21.9 Å². The van der Waals surface area contributed by atoms with Gasteiger partial charge in [-0.2, -0.15) is 8.42 Å². The van der Waals surface area contributed by atoms with Crippen LogP contribution >= 0.6 is 0 Å². The van der Waals surface area contributed by atoms with E-state index in [4.69, 9.17) is 5.14 Å². The van der Waals surface area contributed by atoms with Gasteiger partial charge in [0.25, 0.3) is 5.91 Å². The maximum absolute atomic E-state index is 11.9. The molecule has 0 unspecified atom stereocenters. The number of hydrogen-bond acceptors (Lipinski definition) is 4. The molecule has 4 N–H and O–H groups in total. The third-order valence-electron chi connectivity index (χ3n) is 3.70.